The van der Waals surface area contributed by atoms with Crippen LogP contribution in [0.25, 0.3) is 0 Å². The Kier molecular flexibility index (Phi) is 21.2. The van der Waals surface area contributed by atoms with E-state index in [4.69, 9.17) is 14.2 Å². The average molecular weight is 529 g/mol. The Bertz CT molecular complexity index is 731. The fourth-order valence-corrected chi connectivity index (χ4v) is 3.67. The molecule has 0 unspecified atom stereocenters. The zero-order valence-electron chi connectivity index (χ0n) is 23.5. The van der Waals surface area contributed by atoms with Crippen molar-refractivity contribution in [1.82, 2.24) is 0 Å². The van der Waals surface area contributed by atoms with Crippen molar-refractivity contribution >= 4 is 0 Å². The molecule has 0 aliphatic rings. The number of ether oxygens (including phenoxy) is 3. The standard InChI is InChI=1S/C18H29O2.C11H15O.2CH3.Ni/c1-7-19-12-13-20-16-10-8-15(9-11-16)18(5,6)14-17(2,3)4;1-3-4-9-12-11-7-5-10(2)6-8-11;;;/h8-11H,1,7,12-14H2,2-6H3;5-8H,2-4,9H2,1H3;2*1H3;/q4*-1;. The Morgan fingerprint density at radius 2 is 1.23 bits per heavy atom. The smallest absolute Gasteiger partial charge is 0.119 e. The van der Waals surface area contributed by atoms with Crippen molar-refractivity contribution in [1.29, 1.82) is 0 Å². The summed E-state index contributed by atoms with van der Waals surface area (Å²) in [7, 11) is 0. The number of hydrogen-bond acceptors (Lipinski definition) is 3. The van der Waals surface area contributed by atoms with Crippen molar-refractivity contribution in [3.8, 4) is 11.5 Å². The quantitative estimate of drug-likeness (QED) is 0.166. The van der Waals surface area contributed by atoms with Gasteiger partial charge in [0.25, 0.3) is 0 Å². The monoisotopic (exact) mass is 528 g/mol. The molecular weight excluding hydrogens is 479 g/mol. The van der Waals surface area contributed by atoms with Crippen molar-refractivity contribution < 1.29 is 30.7 Å². The molecular formula is C31H50NiO3-4. The summed E-state index contributed by atoms with van der Waals surface area (Å²) in [6.45, 7) is 23.5. The van der Waals surface area contributed by atoms with E-state index in [9.17, 15) is 0 Å². The van der Waals surface area contributed by atoms with E-state index in [0.717, 1.165) is 36.5 Å². The molecule has 0 bridgehead atoms. The minimum Gasteiger partial charge on any atom is -0.496 e. The number of hydrogen-bond donors (Lipinski definition) is 0. The molecule has 0 aliphatic carbocycles. The molecule has 0 fully saturated rings. The van der Waals surface area contributed by atoms with Crippen LogP contribution in [0.3, 0.4) is 0 Å². The van der Waals surface area contributed by atoms with Gasteiger partial charge in [-0.2, -0.15) is 24.6 Å². The molecule has 0 saturated carbocycles. The molecule has 0 aliphatic heterocycles. The molecule has 0 spiro atoms. The van der Waals surface area contributed by atoms with Gasteiger partial charge in [0.1, 0.15) is 12.4 Å². The van der Waals surface area contributed by atoms with Crippen molar-refractivity contribution in [2.24, 2.45) is 5.41 Å². The summed E-state index contributed by atoms with van der Waals surface area (Å²) in [5.41, 5.74) is 2.88. The predicted molar refractivity (Wildman–Crippen MR) is 149 cm³/mol. The van der Waals surface area contributed by atoms with Gasteiger partial charge in [0.05, 0.1) is 19.0 Å². The van der Waals surface area contributed by atoms with Gasteiger partial charge >= 0.3 is 0 Å². The number of unbranched alkanes of at least 4 members (excludes halogenated alkanes) is 1. The fraction of sp³-hybridized carbons (Fsp3) is 0.484. The first-order valence-corrected chi connectivity index (χ1v) is 11.7. The van der Waals surface area contributed by atoms with Crippen LogP contribution in [0.15, 0.2) is 48.5 Å². The summed E-state index contributed by atoms with van der Waals surface area (Å²) < 4.78 is 16.2. The van der Waals surface area contributed by atoms with Crippen molar-refractivity contribution in [2.75, 3.05) is 26.4 Å². The van der Waals surface area contributed by atoms with Crippen LogP contribution >= 0.6 is 0 Å². The van der Waals surface area contributed by atoms with Gasteiger partial charge in [-0.1, -0.05) is 78.8 Å². The normalized spacial score (nSPS) is 10.5. The molecule has 0 aromatic heterocycles. The predicted octanol–water partition coefficient (Wildman–Crippen LogP) is 8.58. The maximum absolute atomic E-state index is 5.62. The summed E-state index contributed by atoms with van der Waals surface area (Å²) in [4.78, 5) is 0. The second kappa shape index (κ2) is 19.5. The number of rotatable bonds is 11. The molecule has 2 aromatic carbocycles. The van der Waals surface area contributed by atoms with Gasteiger partial charge in [0.15, 0.2) is 0 Å². The largest absolute Gasteiger partial charge is 0.496 e. The van der Waals surface area contributed by atoms with Crippen LogP contribution in [-0.4, -0.2) is 26.4 Å². The summed E-state index contributed by atoms with van der Waals surface area (Å²) in [6, 6.07) is 16.3. The van der Waals surface area contributed by atoms with Gasteiger partial charge in [-0.3, -0.25) is 0 Å². The van der Waals surface area contributed by atoms with Gasteiger partial charge < -0.3 is 36.0 Å². The van der Waals surface area contributed by atoms with Crippen LogP contribution in [-0.2, 0) is 26.6 Å². The zero-order valence-corrected chi connectivity index (χ0v) is 24.5. The Balaban J connectivity index is -0.000000594. The van der Waals surface area contributed by atoms with E-state index in [1.807, 2.05) is 36.4 Å². The van der Waals surface area contributed by atoms with Crippen LogP contribution in [0, 0.1) is 34.1 Å². The van der Waals surface area contributed by atoms with Crippen molar-refractivity contribution in [3.63, 3.8) is 0 Å². The van der Waals surface area contributed by atoms with Crippen LogP contribution < -0.4 is 9.47 Å². The van der Waals surface area contributed by atoms with Crippen LogP contribution in [0.2, 0.25) is 0 Å². The molecule has 0 atom stereocenters. The first-order valence-electron chi connectivity index (χ1n) is 11.7. The Morgan fingerprint density at radius 1 is 0.743 bits per heavy atom. The van der Waals surface area contributed by atoms with E-state index < -0.39 is 0 Å². The summed E-state index contributed by atoms with van der Waals surface area (Å²) in [6.07, 6.45) is 3.44. The van der Waals surface area contributed by atoms with Crippen LogP contribution in [0.4, 0.5) is 0 Å². The molecule has 0 saturated heterocycles. The first-order chi connectivity index (χ1) is 15.1. The Hall–Kier alpha value is -1.64. The minimum absolute atomic E-state index is 0. The molecule has 0 amide bonds. The summed E-state index contributed by atoms with van der Waals surface area (Å²) in [5, 5.41) is 0. The summed E-state index contributed by atoms with van der Waals surface area (Å²) >= 11 is 0. The van der Waals surface area contributed by atoms with E-state index in [-0.39, 0.29) is 36.8 Å². The maximum Gasteiger partial charge on any atom is 0.119 e. The second-order valence-corrected chi connectivity index (χ2v) is 9.95. The summed E-state index contributed by atoms with van der Waals surface area (Å²) in [5.74, 6) is 1.84. The van der Waals surface area contributed by atoms with E-state index in [1.54, 1.807) is 0 Å². The third kappa shape index (κ3) is 17.4. The first kappa shape index (κ1) is 37.9. The third-order valence-electron chi connectivity index (χ3n) is 4.94. The molecule has 206 valence electrons. The van der Waals surface area contributed by atoms with Gasteiger partial charge in [0.2, 0.25) is 0 Å². The zero-order chi connectivity index (χ0) is 24.0. The van der Waals surface area contributed by atoms with Crippen molar-refractivity contribution in [3.05, 3.63) is 88.4 Å². The Labute approximate surface area is 228 Å². The molecule has 2 aromatic rings. The molecule has 3 nitrogen and oxygen atoms in total. The maximum atomic E-state index is 5.62. The molecule has 0 radical (unpaired) electrons. The molecule has 0 heterocycles. The van der Waals surface area contributed by atoms with Gasteiger partial charge in [-0.05, 0) is 41.4 Å². The fourth-order valence-electron chi connectivity index (χ4n) is 3.67. The van der Waals surface area contributed by atoms with Gasteiger partial charge in [0, 0.05) is 16.5 Å². The average Bonchev–Trinajstić information content (AvgIpc) is 2.72. The van der Waals surface area contributed by atoms with Crippen LogP contribution in [0.5, 0.6) is 11.5 Å². The third-order valence-corrected chi connectivity index (χ3v) is 4.94. The SMILES string of the molecule is [CH2-]COCCOc1ccc(C(C)(C)CC(C)(C)C)cc1.[CH2-]c1ccc(OCCCC)cc1.[CH3-].[CH3-].[Ni]. The van der Waals surface area contributed by atoms with E-state index in [1.165, 1.54) is 12.0 Å². The van der Waals surface area contributed by atoms with E-state index >= 15 is 0 Å². The minimum atomic E-state index is 0. The molecule has 0 N–H and O–H groups in total. The molecule has 35 heavy (non-hydrogen) atoms. The van der Waals surface area contributed by atoms with Gasteiger partial charge in [-0.25, -0.2) is 0 Å². The number of benzene rings is 2. The Morgan fingerprint density at radius 3 is 1.69 bits per heavy atom. The second-order valence-electron chi connectivity index (χ2n) is 9.95. The van der Waals surface area contributed by atoms with E-state index in [0.29, 0.717) is 25.2 Å². The van der Waals surface area contributed by atoms with Gasteiger partial charge in [-0.15, -0.1) is 0 Å². The topological polar surface area (TPSA) is 27.7 Å². The van der Waals surface area contributed by atoms with Crippen LogP contribution in [0.1, 0.15) is 71.9 Å². The van der Waals surface area contributed by atoms with E-state index in [2.05, 4.69) is 67.5 Å². The van der Waals surface area contributed by atoms with Crippen molar-refractivity contribution in [2.45, 2.75) is 66.2 Å². The molecule has 4 heteroatoms. The molecule has 2 rings (SSSR count).